The fourth-order valence-electron chi connectivity index (χ4n) is 2.57. The molecule has 1 aliphatic heterocycles. The molecule has 0 bridgehead atoms. The highest BCUT2D eigenvalue weighted by molar-refractivity contribution is 5.83. The van der Waals surface area contributed by atoms with E-state index in [0.29, 0.717) is 45.6 Å². The Bertz CT molecular complexity index is 338. The Morgan fingerprint density at radius 1 is 1.35 bits per heavy atom. The quantitative estimate of drug-likeness (QED) is 0.723. The first-order valence-electron chi connectivity index (χ1n) is 7.23. The second kappa shape index (κ2) is 7.59. The molecule has 1 saturated heterocycles. The lowest BCUT2D eigenvalue weighted by atomic mass is 9.78. The van der Waals surface area contributed by atoms with Crippen LogP contribution in [-0.2, 0) is 14.3 Å². The minimum absolute atomic E-state index is 0.0440. The molecular formula is C14H26N2O4. The van der Waals surface area contributed by atoms with Crippen molar-refractivity contribution in [2.24, 2.45) is 11.1 Å². The van der Waals surface area contributed by atoms with Gasteiger partial charge in [0.1, 0.15) is 0 Å². The molecule has 3 N–H and O–H groups in total. The van der Waals surface area contributed by atoms with Gasteiger partial charge >= 0.3 is 5.97 Å². The molecule has 1 rings (SSSR count). The van der Waals surface area contributed by atoms with Crippen molar-refractivity contribution in [3.63, 3.8) is 0 Å². The van der Waals surface area contributed by atoms with Gasteiger partial charge < -0.3 is 20.5 Å². The van der Waals surface area contributed by atoms with E-state index in [2.05, 4.69) is 0 Å². The average Bonchev–Trinajstić information content (AvgIpc) is 2.43. The van der Waals surface area contributed by atoms with Crippen molar-refractivity contribution >= 4 is 11.9 Å². The van der Waals surface area contributed by atoms with Crippen molar-refractivity contribution in [1.82, 2.24) is 4.90 Å². The molecular weight excluding hydrogens is 260 g/mol. The number of nitrogens with two attached hydrogens (primary N) is 1. The van der Waals surface area contributed by atoms with Crippen LogP contribution < -0.4 is 5.73 Å². The Morgan fingerprint density at radius 2 is 1.95 bits per heavy atom. The van der Waals surface area contributed by atoms with E-state index in [1.807, 2.05) is 13.8 Å². The highest BCUT2D eigenvalue weighted by Gasteiger charge is 2.41. The molecule has 6 heteroatoms. The zero-order valence-electron chi connectivity index (χ0n) is 12.4. The summed E-state index contributed by atoms with van der Waals surface area (Å²) >= 11 is 0. The third kappa shape index (κ3) is 4.18. The molecule has 0 unspecified atom stereocenters. The Labute approximate surface area is 120 Å². The fourth-order valence-corrected chi connectivity index (χ4v) is 2.57. The molecule has 0 spiro atoms. The van der Waals surface area contributed by atoms with Gasteiger partial charge in [-0.25, -0.2) is 0 Å². The van der Waals surface area contributed by atoms with Gasteiger partial charge in [-0.2, -0.15) is 0 Å². The van der Waals surface area contributed by atoms with Crippen molar-refractivity contribution in [1.29, 1.82) is 0 Å². The largest absolute Gasteiger partial charge is 0.481 e. The van der Waals surface area contributed by atoms with Gasteiger partial charge in [0.05, 0.1) is 5.41 Å². The van der Waals surface area contributed by atoms with Crippen LogP contribution in [0.5, 0.6) is 0 Å². The van der Waals surface area contributed by atoms with E-state index in [4.69, 9.17) is 15.6 Å². The van der Waals surface area contributed by atoms with Gasteiger partial charge in [0, 0.05) is 38.8 Å². The second-order valence-electron chi connectivity index (χ2n) is 5.69. The number of rotatable bonds is 7. The smallest absolute Gasteiger partial charge is 0.303 e. The summed E-state index contributed by atoms with van der Waals surface area (Å²) in [7, 11) is 0. The molecule has 0 saturated carbocycles. The maximum Gasteiger partial charge on any atom is 0.303 e. The summed E-state index contributed by atoms with van der Waals surface area (Å²) in [5, 5.41) is 8.71. The molecule has 0 radical (unpaired) electrons. The lowest BCUT2D eigenvalue weighted by Crippen LogP contribution is -2.53. The summed E-state index contributed by atoms with van der Waals surface area (Å²) in [6, 6.07) is 0.0440. The van der Waals surface area contributed by atoms with E-state index in [1.54, 1.807) is 4.90 Å². The molecule has 0 aliphatic carbocycles. The first kappa shape index (κ1) is 16.9. The predicted octanol–water partition coefficient (Wildman–Crippen LogP) is 0.844. The van der Waals surface area contributed by atoms with E-state index in [1.165, 1.54) is 0 Å². The Morgan fingerprint density at radius 3 is 2.40 bits per heavy atom. The van der Waals surface area contributed by atoms with E-state index in [0.717, 1.165) is 0 Å². The first-order chi connectivity index (χ1) is 9.43. The Balaban J connectivity index is 2.73. The standard InChI is InChI=1S/C14H26N2O4/c1-11(2)16(7-3-4-12(17)18)13(19)14(10-15)5-8-20-9-6-14/h11H,3-10,15H2,1-2H3,(H,17,18). The van der Waals surface area contributed by atoms with Crippen molar-refractivity contribution in [2.75, 3.05) is 26.3 Å². The molecule has 0 aromatic carbocycles. The first-order valence-corrected chi connectivity index (χ1v) is 7.23. The SMILES string of the molecule is CC(C)N(CCCC(=O)O)C(=O)C1(CN)CCOCC1. The number of carbonyl (C=O) groups is 2. The topological polar surface area (TPSA) is 92.9 Å². The summed E-state index contributed by atoms with van der Waals surface area (Å²) in [6.07, 6.45) is 1.83. The van der Waals surface area contributed by atoms with Gasteiger partial charge in [0.15, 0.2) is 0 Å². The van der Waals surface area contributed by atoms with Gasteiger partial charge in [-0.3, -0.25) is 9.59 Å². The molecule has 6 nitrogen and oxygen atoms in total. The number of carbonyl (C=O) groups excluding carboxylic acids is 1. The molecule has 20 heavy (non-hydrogen) atoms. The predicted molar refractivity (Wildman–Crippen MR) is 75.3 cm³/mol. The van der Waals surface area contributed by atoms with Gasteiger partial charge in [0.25, 0.3) is 0 Å². The van der Waals surface area contributed by atoms with Crippen LogP contribution in [-0.4, -0.2) is 54.2 Å². The summed E-state index contributed by atoms with van der Waals surface area (Å²) in [6.45, 7) is 5.79. The van der Waals surface area contributed by atoms with Crippen molar-refractivity contribution < 1.29 is 19.4 Å². The number of nitrogens with zero attached hydrogens (tertiary/aromatic N) is 1. The van der Waals surface area contributed by atoms with Crippen LogP contribution in [0.4, 0.5) is 0 Å². The van der Waals surface area contributed by atoms with Gasteiger partial charge in [-0.15, -0.1) is 0 Å². The van der Waals surface area contributed by atoms with Crippen LogP contribution in [0.2, 0.25) is 0 Å². The average molecular weight is 286 g/mol. The van der Waals surface area contributed by atoms with E-state index < -0.39 is 11.4 Å². The maximum absolute atomic E-state index is 12.8. The molecule has 1 heterocycles. The van der Waals surface area contributed by atoms with Crippen LogP contribution in [0.15, 0.2) is 0 Å². The lowest BCUT2D eigenvalue weighted by Gasteiger charge is -2.40. The highest BCUT2D eigenvalue weighted by atomic mass is 16.5. The van der Waals surface area contributed by atoms with Crippen LogP contribution in [0.25, 0.3) is 0 Å². The highest BCUT2D eigenvalue weighted by Crippen LogP contribution is 2.32. The minimum Gasteiger partial charge on any atom is -0.481 e. The van der Waals surface area contributed by atoms with E-state index in [-0.39, 0.29) is 18.4 Å². The van der Waals surface area contributed by atoms with Crippen LogP contribution >= 0.6 is 0 Å². The number of amides is 1. The van der Waals surface area contributed by atoms with Crippen molar-refractivity contribution in [3.05, 3.63) is 0 Å². The third-order valence-electron chi connectivity index (χ3n) is 3.97. The number of hydrogen-bond acceptors (Lipinski definition) is 4. The van der Waals surface area contributed by atoms with Crippen LogP contribution in [0.3, 0.4) is 0 Å². The number of ether oxygens (including phenoxy) is 1. The lowest BCUT2D eigenvalue weighted by molar-refractivity contribution is -0.149. The normalized spacial score (nSPS) is 18.0. The molecule has 1 fully saturated rings. The van der Waals surface area contributed by atoms with E-state index >= 15 is 0 Å². The number of aliphatic carboxylic acids is 1. The second-order valence-corrected chi connectivity index (χ2v) is 5.69. The number of hydrogen-bond donors (Lipinski definition) is 2. The molecule has 0 atom stereocenters. The number of carboxylic acids is 1. The Kier molecular flexibility index (Phi) is 6.42. The maximum atomic E-state index is 12.8. The van der Waals surface area contributed by atoms with Gasteiger partial charge in [-0.1, -0.05) is 0 Å². The Hall–Kier alpha value is -1.14. The summed E-state index contributed by atoms with van der Waals surface area (Å²) in [5.41, 5.74) is 5.32. The van der Waals surface area contributed by atoms with Crippen molar-refractivity contribution in [2.45, 2.75) is 45.6 Å². The molecule has 0 aromatic rings. The van der Waals surface area contributed by atoms with Gasteiger partial charge in [0.2, 0.25) is 5.91 Å². The summed E-state index contributed by atoms with van der Waals surface area (Å²) in [4.78, 5) is 25.2. The molecule has 116 valence electrons. The monoisotopic (exact) mass is 286 g/mol. The number of carboxylic acid groups (broad SMARTS) is 1. The molecule has 1 aliphatic rings. The summed E-state index contributed by atoms with van der Waals surface area (Å²) in [5.74, 6) is -0.788. The zero-order chi connectivity index (χ0) is 15.2. The summed E-state index contributed by atoms with van der Waals surface area (Å²) < 4.78 is 5.33. The fraction of sp³-hybridized carbons (Fsp3) is 0.857. The van der Waals surface area contributed by atoms with Crippen LogP contribution in [0.1, 0.15) is 39.5 Å². The van der Waals surface area contributed by atoms with Gasteiger partial charge in [-0.05, 0) is 33.1 Å². The molecule has 1 amide bonds. The minimum atomic E-state index is -0.833. The molecule has 0 aromatic heterocycles. The van der Waals surface area contributed by atoms with E-state index in [9.17, 15) is 9.59 Å². The third-order valence-corrected chi connectivity index (χ3v) is 3.97. The van der Waals surface area contributed by atoms with Crippen LogP contribution in [0, 0.1) is 5.41 Å². The zero-order valence-corrected chi connectivity index (χ0v) is 12.4. The van der Waals surface area contributed by atoms with Crippen molar-refractivity contribution in [3.8, 4) is 0 Å².